The quantitative estimate of drug-likeness (QED) is 0.850. The molecule has 1 aromatic carbocycles. The summed E-state index contributed by atoms with van der Waals surface area (Å²) in [5.74, 6) is 0.449. The summed E-state index contributed by atoms with van der Waals surface area (Å²) in [7, 11) is 0. The van der Waals surface area contributed by atoms with E-state index in [0.717, 1.165) is 19.4 Å². The third-order valence-corrected chi connectivity index (χ3v) is 3.15. The van der Waals surface area contributed by atoms with Crippen molar-refractivity contribution in [3.05, 3.63) is 28.8 Å². The SMILES string of the molecule is NCC(=O)c1ccc(OC2CCCOC2)c(Cl)c1. The molecule has 0 aliphatic carbocycles. The van der Waals surface area contributed by atoms with Gasteiger partial charge in [-0.15, -0.1) is 0 Å². The molecule has 2 rings (SSSR count). The lowest BCUT2D eigenvalue weighted by molar-refractivity contribution is 0.00747. The highest BCUT2D eigenvalue weighted by Gasteiger charge is 2.17. The van der Waals surface area contributed by atoms with E-state index in [4.69, 9.17) is 26.8 Å². The van der Waals surface area contributed by atoms with E-state index in [1.807, 2.05) is 0 Å². The van der Waals surface area contributed by atoms with Crippen LogP contribution in [0.15, 0.2) is 18.2 Å². The second-order valence-electron chi connectivity index (χ2n) is 4.23. The van der Waals surface area contributed by atoms with Crippen LogP contribution in [-0.2, 0) is 4.74 Å². The largest absolute Gasteiger partial charge is 0.486 e. The van der Waals surface area contributed by atoms with Crippen LogP contribution in [0.25, 0.3) is 0 Å². The minimum absolute atomic E-state index is 0.0208. The van der Waals surface area contributed by atoms with Gasteiger partial charge in [0.15, 0.2) is 5.78 Å². The number of carbonyl (C=O) groups excluding carboxylic acids is 1. The predicted molar refractivity (Wildman–Crippen MR) is 69.3 cm³/mol. The molecule has 98 valence electrons. The van der Waals surface area contributed by atoms with Gasteiger partial charge >= 0.3 is 0 Å². The summed E-state index contributed by atoms with van der Waals surface area (Å²) in [6, 6.07) is 4.98. The van der Waals surface area contributed by atoms with Crippen LogP contribution in [0.3, 0.4) is 0 Å². The Bertz CT molecular complexity index is 430. The zero-order valence-electron chi connectivity index (χ0n) is 10.0. The van der Waals surface area contributed by atoms with Crippen molar-refractivity contribution in [1.29, 1.82) is 0 Å². The van der Waals surface area contributed by atoms with E-state index in [1.54, 1.807) is 18.2 Å². The van der Waals surface area contributed by atoms with Gasteiger partial charge in [0.1, 0.15) is 11.9 Å². The van der Waals surface area contributed by atoms with Gasteiger partial charge in [0, 0.05) is 12.2 Å². The Morgan fingerprint density at radius 3 is 3.00 bits per heavy atom. The highest BCUT2D eigenvalue weighted by atomic mass is 35.5. The van der Waals surface area contributed by atoms with E-state index < -0.39 is 0 Å². The van der Waals surface area contributed by atoms with Crippen molar-refractivity contribution >= 4 is 17.4 Å². The molecule has 2 N–H and O–H groups in total. The summed E-state index contributed by atoms with van der Waals surface area (Å²) in [5, 5.41) is 0.430. The van der Waals surface area contributed by atoms with E-state index in [1.165, 1.54) is 0 Å². The van der Waals surface area contributed by atoms with Crippen LogP contribution in [0.4, 0.5) is 0 Å². The highest BCUT2D eigenvalue weighted by molar-refractivity contribution is 6.32. The summed E-state index contributed by atoms with van der Waals surface area (Å²) in [5.41, 5.74) is 5.81. The smallest absolute Gasteiger partial charge is 0.176 e. The molecule has 1 heterocycles. The molecule has 0 bridgehead atoms. The van der Waals surface area contributed by atoms with Crippen molar-refractivity contribution in [3.63, 3.8) is 0 Å². The molecule has 0 amide bonds. The fraction of sp³-hybridized carbons (Fsp3) is 0.462. The fourth-order valence-electron chi connectivity index (χ4n) is 1.87. The molecule has 1 saturated heterocycles. The van der Waals surface area contributed by atoms with Gasteiger partial charge in [0.2, 0.25) is 0 Å². The Balaban J connectivity index is 2.07. The van der Waals surface area contributed by atoms with E-state index in [-0.39, 0.29) is 18.4 Å². The maximum absolute atomic E-state index is 11.4. The number of ketones is 1. The molecule has 0 radical (unpaired) electrons. The Labute approximate surface area is 111 Å². The van der Waals surface area contributed by atoms with Gasteiger partial charge < -0.3 is 15.2 Å². The molecule has 1 atom stereocenters. The number of hydrogen-bond acceptors (Lipinski definition) is 4. The Morgan fingerprint density at radius 2 is 2.39 bits per heavy atom. The zero-order chi connectivity index (χ0) is 13.0. The molecule has 1 aromatic rings. The molecule has 1 aliphatic heterocycles. The molecule has 0 saturated carbocycles. The summed E-state index contributed by atoms with van der Waals surface area (Å²) in [6.45, 7) is 1.35. The normalized spacial score (nSPS) is 19.6. The predicted octanol–water partition coefficient (Wildman–Crippen LogP) is 2.04. The number of nitrogens with two attached hydrogens (primary N) is 1. The van der Waals surface area contributed by atoms with Crippen molar-refractivity contribution in [2.24, 2.45) is 5.73 Å². The number of rotatable bonds is 4. The van der Waals surface area contributed by atoms with Crippen LogP contribution in [0.1, 0.15) is 23.2 Å². The van der Waals surface area contributed by atoms with Gasteiger partial charge in [-0.3, -0.25) is 4.79 Å². The first-order chi connectivity index (χ1) is 8.70. The lowest BCUT2D eigenvalue weighted by atomic mass is 10.1. The maximum atomic E-state index is 11.4. The number of ether oxygens (including phenoxy) is 2. The van der Waals surface area contributed by atoms with Crippen molar-refractivity contribution in [2.75, 3.05) is 19.8 Å². The van der Waals surface area contributed by atoms with E-state index in [2.05, 4.69) is 0 Å². The average Bonchev–Trinajstić information content (AvgIpc) is 2.41. The summed E-state index contributed by atoms with van der Waals surface area (Å²) in [4.78, 5) is 11.4. The number of hydrogen-bond donors (Lipinski definition) is 1. The van der Waals surface area contributed by atoms with Crippen LogP contribution in [0.5, 0.6) is 5.75 Å². The second kappa shape index (κ2) is 6.18. The minimum atomic E-state index is -0.135. The lowest BCUT2D eigenvalue weighted by Gasteiger charge is -2.23. The molecule has 18 heavy (non-hydrogen) atoms. The maximum Gasteiger partial charge on any atom is 0.176 e. The molecule has 1 aliphatic rings. The van der Waals surface area contributed by atoms with Crippen LogP contribution < -0.4 is 10.5 Å². The van der Waals surface area contributed by atoms with Gasteiger partial charge in [0.25, 0.3) is 0 Å². The Hall–Kier alpha value is -1.10. The molecular weight excluding hydrogens is 254 g/mol. The summed E-state index contributed by atoms with van der Waals surface area (Å²) in [6.07, 6.45) is 1.98. The van der Waals surface area contributed by atoms with Crippen LogP contribution in [-0.4, -0.2) is 31.6 Å². The van der Waals surface area contributed by atoms with E-state index >= 15 is 0 Å². The van der Waals surface area contributed by atoms with E-state index in [0.29, 0.717) is 22.9 Å². The molecule has 5 heteroatoms. The molecule has 1 fully saturated rings. The average molecular weight is 270 g/mol. The van der Waals surface area contributed by atoms with Crippen LogP contribution in [0, 0.1) is 0 Å². The Morgan fingerprint density at radius 1 is 1.56 bits per heavy atom. The first kappa shape index (κ1) is 13.3. The third-order valence-electron chi connectivity index (χ3n) is 2.85. The van der Waals surface area contributed by atoms with Crippen molar-refractivity contribution in [2.45, 2.75) is 18.9 Å². The summed E-state index contributed by atoms with van der Waals surface area (Å²) < 4.78 is 11.1. The number of carbonyl (C=O) groups is 1. The minimum Gasteiger partial charge on any atom is -0.486 e. The topological polar surface area (TPSA) is 61.6 Å². The molecule has 0 spiro atoms. The van der Waals surface area contributed by atoms with Crippen LogP contribution in [0.2, 0.25) is 5.02 Å². The standard InChI is InChI=1S/C13H16ClNO3/c14-11-6-9(12(16)7-15)3-4-13(11)18-10-2-1-5-17-8-10/h3-4,6,10H,1-2,5,7-8,15H2. The molecule has 0 aromatic heterocycles. The molecule has 4 nitrogen and oxygen atoms in total. The van der Waals surface area contributed by atoms with Crippen molar-refractivity contribution in [1.82, 2.24) is 0 Å². The monoisotopic (exact) mass is 269 g/mol. The van der Waals surface area contributed by atoms with Gasteiger partial charge in [0.05, 0.1) is 18.2 Å². The number of benzene rings is 1. The van der Waals surface area contributed by atoms with Crippen LogP contribution >= 0.6 is 11.6 Å². The lowest BCUT2D eigenvalue weighted by Crippen LogP contribution is -2.28. The van der Waals surface area contributed by atoms with Gasteiger partial charge in [-0.1, -0.05) is 11.6 Å². The molecular formula is C13H16ClNO3. The van der Waals surface area contributed by atoms with Gasteiger partial charge in [-0.25, -0.2) is 0 Å². The fourth-order valence-corrected chi connectivity index (χ4v) is 2.10. The summed E-state index contributed by atoms with van der Waals surface area (Å²) >= 11 is 6.09. The molecule has 1 unspecified atom stereocenters. The number of Topliss-reactive ketones (excluding diaryl/α,β-unsaturated/α-hetero) is 1. The first-order valence-electron chi connectivity index (χ1n) is 5.98. The third kappa shape index (κ3) is 3.22. The zero-order valence-corrected chi connectivity index (χ0v) is 10.8. The van der Waals surface area contributed by atoms with Crippen molar-refractivity contribution in [3.8, 4) is 5.75 Å². The number of halogens is 1. The first-order valence-corrected chi connectivity index (χ1v) is 6.35. The Kier molecular flexibility index (Phi) is 4.58. The second-order valence-corrected chi connectivity index (χ2v) is 4.64. The van der Waals surface area contributed by atoms with E-state index in [9.17, 15) is 4.79 Å². The van der Waals surface area contributed by atoms with Crippen molar-refractivity contribution < 1.29 is 14.3 Å². The van der Waals surface area contributed by atoms with Gasteiger partial charge in [-0.05, 0) is 31.0 Å². The van der Waals surface area contributed by atoms with Gasteiger partial charge in [-0.2, -0.15) is 0 Å². The highest BCUT2D eigenvalue weighted by Crippen LogP contribution is 2.27.